The SMILES string of the molecule is CCCNC(=O)C(Cl)c1cccc(F)c1F. The largest absolute Gasteiger partial charge is 0.355 e. The summed E-state index contributed by atoms with van der Waals surface area (Å²) < 4.78 is 26.2. The van der Waals surface area contributed by atoms with Crippen molar-refractivity contribution in [1.82, 2.24) is 5.32 Å². The van der Waals surface area contributed by atoms with Gasteiger partial charge in [0.15, 0.2) is 11.6 Å². The number of halogens is 3. The second-order valence-electron chi connectivity index (χ2n) is 3.30. The minimum Gasteiger partial charge on any atom is -0.355 e. The number of carbonyl (C=O) groups excluding carboxylic acids is 1. The topological polar surface area (TPSA) is 29.1 Å². The summed E-state index contributed by atoms with van der Waals surface area (Å²) in [4.78, 5) is 11.4. The molecule has 0 radical (unpaired) electrons. The second kappa shape index (κ2) is 5.80. The van der Waals surface area contributed by atoms with Gasteiger partial charge in [0.1, 0.15) is 5.38 Å². The van der Waals surface area contributed by atoms with E-state index in [-0.39, 0.29) is 5.56 Å². The summed E-state index contributed by atoms with van der Waals surface area (Å²) >= 11 is 5.75. The standard InChI is InChI=1S/C11H12ClF2NO/c1-2-6-15-11(16)9(12)7-4-3-5-8(13)10(7)14/h3-5,9H,2,6H2,1H3,(H,15,16). The van der Waals surface area contributed by atoms with E-state index in [4.69, 9.17) is 11.6 Å². The van der Waals surface area contributed by atoms with Crippen molar-refractivity contribution in [2.75, 3.05) is 6.54 Å². The Labute approximate surface area is 97.6 Å². The Morgan fingerprint density at radius 2 is 2.19 bits per heavy atom. The molecule has 1 atom stereocenters. The Hall–Kier alpha value is -1.16. The Morgan fingerprint density at radius 1 is 1.50 bits per heavy atom. The van der Waals surface area contributed by atoms with E-state index in [1.54, 1.807) is 0 Å². The molecular weight excluding hydrogens is 236 g/mol. The lowest BCUT2D eigenvalue weighted by atomic mass is 10.1. The quantitative estimate of drug-likeness (QED) is 0.815. The summed E-state index contributed by atoms with van der Waals surface area (Å²) in [7, 11) is 0. The number of alkyl halides is 1. The van der Waals surface area contributed by atoms with Crippen LogP contribution in [0.3, 0.4) is 0 Å². The third kappa shape index (κ3) is 2.92. The van der Waals surface area contributed by atoms with E-state index in [1.165, 1.54) is 12.1 Å². The minimum atomic E-state index is -1.21. The van der Waals surface area contributed by atoms with Crippen LogP contribution in [0.1, 0.15) is 24.3 Å². The van der Waals surface area contributed by atoms with Gasteiger partial charge in [0, 0.05) is 12.1 Å². The number of amides is 1. The van der Waals surface area contributed by atoms with Crippen LogP contribution < -0.4 is 5.32 Å². The molecule has 1 aromatic rings. The van der Waals surface area contributed by atoms with E-state index in [0.717, 1.165) is 12.5 Å². The van der Waals surface area contributed by atoms with Gasteiger partial charge in [-0.25, -0.2) is 8.78 Å². The van der Waals surface area contributed by atoms with Gasteiger partial charge in [0.2, 0.25) is 5.91 Å². The average Bonchev–Trinajstić information content (AvgIpc) is 2.28. The summed E-state index contributed by atoms with van der Waals surface area (Å²) in [6, 6.07) is 3.59. The summed E-state index contributed by atoms with van der Waals surface area (Å²) in [5, 5.41) is 1.31. The van der Waals surface area contributed by atoms with Crippen LogP contribution in [0.2, 0.25) is 0 Å². The minimum absolute atomic E-state index is 0.143. The fraction of sp³-hybridized carbons (Fsp3) is 0.364. The molecule has 5 heteroatoms. The first-order chi connectivity index (χ1) is 7.57. The highest BCUT2D eigenvalue weighted by molar-refractivity contribution is 6.30. The summed E-state index contributed by atoms with van der Waals surface area (Å²) in [6.45, 7) is 2.34. The predicted octanol–water partition coefficient (Wildman–Crippen LogP) is 2.77. The van der Waals surface area contributed by atoms with Crippen LogP contribution in [0, 0.1) is 11.6 Å². The van der Waals surface area contributed by atoms with E-state index in [0.29, 0.717) is 6.54 Å². The van der Waals surface area contributed by atoms with Gasteiger partial charge in [0.25, 0.3) is 0 Å². The normalized spacial score (nSPS) is 12.2. The number of rotatable bonds is 4. The molecule has 0 heterocycles. The van der Waals surface area contributed by atoms with Crippen LogP contribution in [-0.2, 0) is 4.79 Å². The first-order valence-electron chi connectivity index (χ1n) is 4.93. The summed E-state index contributed by atoms with van der Waals surface area (Å²) in [6.07, 6.45) is 0.751. The zero-order chi connectivity index (χ0) is 12.1. The van der Waals surface area contributed by atoms with Crippen molar-refractivity contribution in [3.05, 3.63) is 35.4 Å². The van der Waals surface area contributed by atoms with Crippen molar-refractivity contribution in [3.63, 3.8) is 0 Å². The van der Waals surface area contributed by atoms with E-state index < -0.39 is 22.9 Å². The molecule has 0 spiro atoms. The van der Waals surface area contributed by atoms with Crippen LogP contribution in [0.5, 0.6) is 0 Å². The summed E-state index contributed by atoms with van der Waals surface area (Å²) in [5.74, 6) is -2.60. The van der Waals surface area contributed by atoms with Crippen molar-refractivity contribution in [3.8, 4) is 0 Å². The van der Waals surface area contributed by atoms with Gasteiger partial charge < -0.3 is 5.32 Å². The number of hydrogen-bond acceptors (Lipinski definition) is 1. The van der Waals surface area contributed by atoms with Crippen molar-refractivity contribution >= 4 is 17.5 Å². The molecule has 0 bridgehead atoms. The third-order valence-corrected chi connectivity index (χ3v) is 2.47. The molecule has 88 valence electrons. The lowest BCUT2D eigenvalue weighted by Crippen LogP contribution is -2.28. The van der Waals surface area contributed by atoms with Crippen molar-refractivity contribution in [1.29, 1.82) is 0 Å². The molecule has 1 amide bonds. The fourth-order valence-electron chi connectivity index (χ4n) is 1.20. The van der Waals surface area contributed by atoms with Crippen LogP contribution in [-0.4, -0.2) is 12.5 Å². The maximum atomic E-state index is 13.3. The molecule has 0 aliphatic carbocycles. The van der Waals surface area contributed by atoms with E-state index >= 15 is 0 Å². The molecule has 1 rings (SSSR count). The lowest BCUT2D eigenvalue weighted by molar-refractivity contribution is -0.120. The smallest absolute Gasteiger partial charge is 0.242 e. The number of carbonyl (C=O) groups is 1. The molecule has 0 aliphatic heterocycles. The maximum Gasteiger partial charge on any atom is 0.242 e. The van der Waals surface area contributed by atoms with Crippen LogP contribution in [0.4, 0.5) is 8.78 Å². The number of hydrogen-bond donors (Lipinski definition) is 1. The number of nitrogens with one attached hydrogen (secondary N) is 1. The van der Waals surface area contributed by atoms with Crippen LogP contribution in [0.15, 0.2) is 18.2 Å². The van der Waals surface area contributed by atoms with E-state index in [2.05, 4.69) is 5.32 Å². The fourth-order valence-corrected chi connectivity index (χ4v) is 1.44. The first-order valence-corrected chi connectivity index (χ1v) is 5.37. The summed E-state index contributed by atoms with van der Waals surface area (Å²) in [5.41, 5.74) is -0.143. The van der Waals surface area contributed by atoms with E-state index in [1.807, 2.05) is 6.92 Å². The van der Waals surface area contributed by atoms with Crippen molar-refractivity contribution in [2.45, 2.75) is 18.7 Å². The molecular formula is C11H12ClF2NO. The maximum absolute atomic E-state index is 13.3. The van der Waals surface area contributed by atoms with Crippen LogP contribution in [0.25, 0.3) is 0 Å². The molecule has 0 aromatic heterocycles. The molecule has 0 fully saturated rings. The van der Waals surface area contributed by atoms with Gasteiger partial charge in [-0.05, 0) is 12.5 Å². The highest BCUT2D eigenvalue weighted by Crippen LogP contribution is 2.24. The molecule has 1 aromatic carbocycles. The monoisotopic (exact) mass is 247 g/mol. The van der Waals surface area contributed by atoms with Gasteiger partial charge in [-0.3, -0.25) is 4.79 Å². The molecule has 0 aliphatic rings. The molecule has 0 saturated heterocycles. The predicted molar refractivity (Wildman–Crippen MR) is 58.3 cm³/mol. The third-order valence-electron chi connectivity index (χ3n) is 2.03. The van der Waals surface area contributed by atoms with Gasteiger partial charge >= 0.3 is 0 Å². The Balaban J connectivity index is 2.83. The first kappa shape index (κ1) is 12.9. The highest BCUT2D eigenvalue weighted by atomic mass is 35.5. The molecule has 1 unspecified atom stereocenters. The second-order valence-corrected chi connectivity index (χ2v) is 3.73. The average molecular weight is 248 g/mol. The molecule has 2 nitrogen and oxygen atoms in total. The molecule has 0 saturated carbocycles. The van der Waals surface area contributed by atoms with Gasteiger partial charge in [0.05, 0.1) is 0 Å². The Kier molecular flexibility index (Phi) is 4.68. The Bertz CT molecular complexity index is 384. The van der Waals surface area contributed by atoms with E-state index in [9.17, 15) is 13.6 Å². The molecule has 1 N–H and O–H groups in total. The number of benzene rings is 1. The van der Waals surface area contributed by atoms with Crippen LogP contribution >= 0.6 is 11.6 Å². The Morgan fingerprint density at radius 3 is 2.81 bits per heavy atom. The molecule has 16 heavy (non-hydrogen) atoms. The van der Waals surface area contributed by atoms with Crippen molar-refractivity contribution < 1.29 is 13.6 Å². The lowest BCUT2D eigenvalue weighted by Gasteiger charge is -2.11. The van der Waals surface area contributed by atoms with Gasteiger partial charge in [-0.1, -0.05) is 19.1 Å². The highest BCUT2D eigenvalue weighted by Gasteiger charge is 2.22. The zero-order valence-electron chi connectivity index (χ0n) is 8.77. The zero-order valence-corrected chi connectivity index (χ0v) is 9.52. The van der Waals surface area contributed by atoms with Crippen molar-refractivity contribution in [2.24, 2.45) is 0 Å². The van der Waals surface area contributed by atoms with Gasteiger partial charge in [-0.2, -0.15) is 0 Å². The van der Waals surface area contributed by atoms with Gasteiger partial charge in [-0.15, -0.1) is 11.6 Å².